The average Bonchev–Trinajstić information content (AvgIpc) is 2.76. The molecule has 0 aromatic carbocycles. The Morgan fingerprint density at radius 3 is 1.86 bits per heavy atom. The van der Waals surface area contributed by atoms with Crippen LogP contribution in [0.25, 0.3) is 0 Å². The van der Waals surface area contributed by atoms with Gasteiger partial charge in [0.25, 0.3) is 0 Å². The molecule has 1 aromatic heterocycles. The summed E-state index contributed by atoms with van der Waals surface area (Å²) in [5, 5.41) is 14.2. The van der Waals surface area contributed by atoms with E-state index in [9.17, 15) is 26.3 Å². The number of aromatic nitrogens is 2. The predicted molar refractivity (Wildman–Crippen MR) is 111 cm³/mol. The van der Waals surface area contributed by atoms with Crippen molar-refractivity contribution in [3.05, 3.63) is 18.5 Å². The van der Waals surface area contributed by atoms with E-state index in [1.54, 1.807) is 12.4 Å². The lowest BCUT2D eigenvalue weighted by Gasteiger charge is -2.53. The van der Waals surface area contributed by atoms with Crippen LogP contribution >= 0.6 is 0 Å². The molecule has 1 unspecified atom stereocenters. The van der Waals surface area contributed by atoms with Gasteiger partial charge in [-0.3, -0.25) is 0 Å². The minimum absolute atomic E-state index is 0.0684. The molecule has 1 atom stereocenters. The maximum Gasteiger partial charge on any atom is 0.490 e. The Labute approximate surface area is 197 Å². The summed E-state index contributed by atoms with van der Waals surface area (Å²) in [5.41, 5.74) is 0.0684. The van der Waals surface area contributed by atoms with Crippen molar-refractivity contribution in [1.82, 2.24) is 14.9 Å². The lowest BCUT2D eigenvalue weighted by Crippen LogP contribution is -2.65. The monoisotopic (exact) mass is 518 g/mol. The van der Waals surface area contributed by atoms with Gasteiger partial charge in [-0.25, -0.2) is 19.6 Å². The van der Waals surface area contributed by atoms with Crippen molar-refractivity contribution in [2.24, 2.45) is 5.92 Å². The number of carbonyl (C=O) groups is 2. The largest absolute Gasteiger partial charge is 0.490 e. The second kappa shape index (κ2) is 12.9. The van der Waals surface area contributed by atoms with E-state index in [-0.39, 0.29) is 5.60 Å². The highest BCUT2D eigenvalue weighted by Crippen LogP contribution is 2.37. The van der Waals surface area contributed by atoms with E-state index in [0.29, 0.717) is 5.92 Å². The Balaban J connectivity index is 0.000000362. The summed E-state index contributed by atoms with van der Waals surface area (Å²) in [6.07, 6.45) is -4.12. The fourth-order valence-corrected chi connectivity index (χ4v) is 3.40. The number of aliphatic carboxylic acids is 2. The van der Waals surface area contributed by atoms with E-state index in [4.69, 9.17) is 24.5 Å². The zero-order valence-corrected chi connectivity index (χ0v) is 19.1. The van der Waals surface area contributed by atoms with Crippen LogP contribution in [-0.2, 0) is 14.3 Å². The van der Waals surface area contributed by atoms with Crippen molar-refractivity contribution in [3.8, 4) is 0 Å². The van der Waals surface area contributed by atoms with E-state index in [1.165, 1.54) is 19.4 Å². The van der Waals surface area contributed by atoms with Gasteiger partial charge in [-0.05, 0) is 37.9 Å². The molecule has 2 fully saturated rings. The second-order valence-corrected chi connectivity index (χ2v) is 7.90. The second-order valence-electron chi connectivity index (χ2n) is 7.90. The van der Waals surface area contributed by atoms with Crippen molar-refractivity contribution in [2.75, 3.05) is 44.2 Å². The molecule has 0 bridgehead atoms. The highest BCUT2D eigenvalue weighted by molar-refractivity contribution is 5.73. The Bertz CT molecular complexity index is 765. The van der Waals surface area contributed by atoms with Crippen molar-refractivity contribution in [2.45, 2.75) is 44.6 Å². The number of carboxylic acid groups (broad SMARTS) is 2. The molecule has 3 heterocycles. The molecule has 0 aliphatic carbocycles. The summed E-state index contributed by atoms with van der Waals surface area (Å²) in [6, 6.07) is 1.86. The number of ether oxygens (including phenoxy) is 1. The van der Waals surface area contributed by atoms with Crippen molar-refractivity contribution in [1.29, 1.82) is 0 Å². The van der Waals surface area contributed by atoms with E-state index < -0.39 is 24.3 Å². The molecule has 2 saturated heterocycles. The number of alkyl halides is 6. The molecule has 35 heavy (non-hydrogen) atoms. The molecule has 1 aromatic rings. The molecule has 1 spiro atoms. The normalized spacial score (nSPS) is 19.1. The highest BCUT2D eigenvalue weighted by Gasteiger charge is 2.47. The fraction of sp³-hybridized carbons (Fsp3) is 0.700. The number of rotatable bonds is 5. The summed E-state index contributed by atoms with van der Waals surface area (Å²) < 4.78 is 69.7. The van der Waals surface area contributed by atoms with Gasteiger partial charge in [0.05, 0.1) is 19.7 Å². The number of carboxylic acids is 2. The number of hydrogen-bond acceptors (Lipinski definition) is 7. The molecule has 2 aliphatic rings. The third kappa shape index (κ3) is 10.2. The molecule has 0 amide bonds. The topological polar surface area (TPSA) is 116 Å². The van der Waals surface area contributed by atoms with Crippen LogP contribution in [0.5, 0.6) is 0 Å². The van der Waals surface area contributed by atoms with Crippen LogP contribution in [0.3, 0.4) is 0 Å². The molecule has 200 valence electrons. The zero-order valence-electron chi connectivity index (χ0n) is 19.1. The first-order valence-corrected chi connectivity index (χ1v) is 10.6. The predicted octanol–water partition coefficient (Wildman–Crippen LogP) is 3.07. The van der Waals surface area contributed by atoms with Crippen LogP contribution in [-0.4, -0.2) is 94.3 Å². The molecular weight excluding hydrogens is 490 g/mol. The van der Waals surface area contributed by atoms with E-state index in [1.807, 2.05) is 6.07 Å². The van der Waals surface area contributed by atoms with Crippen LogP contribution in [0.1, 0.15) is 26.7 Å². The van der Waals surface area contributed by atoms with Crippen LogP contribution in [0.4, 0.5) is 32.3 Å². The number of halogens is 6. The number of hydrogen-bond donors (Lipinski definition) is 2. The summed E-state index contributed by atoms with van der Waals surface area (Å²) in [7, 11) is 0. The van der Waals surface area contributed by atoms with Gasteiger partial charge in [-0.1, -0.05) is 13.8 Å². The van der Waals surface area contributed by atoms with Gasteiger partial charge in [0.2, 0.25) is 5.95 Å². The summed E-state index contributed by atoms with van der Waals surface area (Å²) in [6.45, 7) is 10.7. The van der Waals surface area contributed by atoms with Gasteiger partial charge < -0.3 is 24.7 Å². The minimum Gasteiger partial charge on any atom is -0.475 e. The maximum absolute atomic E-state index is 10.6. The van der Waals surface area contributed by atoms with Crippen LogP contribution in [0.2, 0.25) is 0 Å². The first kappa shape index (κ1) is 30.4. The lowest BCUT2D eigenvalue weighted by molar-refractivity contribution is -0.193. The summed E-state index contributed by atoms with van der Waals surface area (Å²) in [4.78, 5) is 31.1. The molecule has 15 heteroatoms. The Hall–Kier alpha value is -2.68. The van der Waals surface area contributed by atoms with Gasteiger partial charge in [-0.2, -0.15) is 26.3 Å². The highest BCUT2D eigenvalue weighted by atomic mass is 19.4. The third-order valence-electron chi connectivity index (χ3n) is 5.32. The van der Waals surface area contributed by atoms with Gasteiger partial charge >= 0.3 is 24.3 Å². The number of nitrogens with zero attached hydrogens (tertiary/aromatic N) is 4. The van der Waals surface area contributed by atoms with E-state index >= 15 is 0 Å². The molecule has 2 N–H and O–H groups in total. The minimum atomic E-state index is -5.08. The molecule has 0 radical (unpaired) electrons. The van der Waals surface area contributed by atoms with Gasteiger partial charge in [0, 0.05) is 18.9 Å². The van der Waals surface area contributed by atoms with Gasteiger partial charge in [0.1, 0.15) is 5.60 Å². The molecule has 3 rings (SSSR count). The summed E-state index contributed by atoms with van der Waals surface area (Å²) in [5.74, 6) is -3.99. The zero-order chi connectivity index (χ0) is 26.9. The van der Waals surface area contributed by atoms with E-state index in [2.05, 4.69) is 33.6 Å². The fourth-order valence-electron chi connectivity index (χ4n) is 3.40. The summed E-state index contributed by atoms with van der Waals surface area (Å²) >= 11 is 0. The van der Waals surface area contributed by atoms with Gasteiger partial charge in [0.15, 0.2) is 0 Å². The SMILES string of the molecule is CCN(CC)CC1CCC2(CN(c3ncccn3)C2)OC1.O=C(O)C(F)(F)F.O=C(O)C(F)(F)F. The van der Waals surface area contributed by atoms with E-state index in [0.717, 1.165) is 38.7 Å². The third-order valence-corrected chi connectivity index (χ3v) is 5.32. The average molecular weight is 518 g/mol. The standard InChI is InChI=1S/C16H26N4O.2C2HF3O2/c1-3-19(4-2)10-14-6-7-16(21-11-14)12-20(13-16)15-17-8-5-9-18-15;2*3-2(4,5)1(6)7/h5,8-9,14H,3-4,6-7,10-13H2,1-2H3;2*(H,6,7). The first-order chi connectivity index (χ1) is 16.1. The molecular formula is C20H28F6N4O5. The van der Waals surface area contributed by atoms with Gasteiger partial charge in [-0.15, -0.1) is 0 Å². The van der Waals surface area contributed by atoms with Crippen LogP contribution < -0.4 is 4.90 Å². The van der Waals surface area contributed by atoms with Crippen molar-refractivity contribution < 1.29 is 50.9 Å². The Morgan fingerprint density at radius 1 is 1.06 bits per heavy atom. The Kier molecular flexibility index (Phi) is 11.2. The molecule has 0 saturated carbocycles. The molecule has 2 aliphatic heterocycles. The maximum atomic E-state index is 10.6. The van der Waals surface area contributed by atoms with Crippen LogP contribution in [0, 0.1) is 5.92 Å². The smallest absolute Gasteiger partial charge is 0.475 e. The first-order valence-electron chi connectivity index (χ1n) is 10.6. The number of anilines is 1. The van der Waals surface area contributed by atoms with Crippen molar-refractivity contribution >= 4 is 17.9 Å². The molecule has 9 nitrogen and oxygen atoms in total. The Morgan fingerprint density at radius 2 is 1.51 bits per heavy atom. The lowest BCUT2D eigenvalue weighted by atomic mass is 9.83. The quantitative estimate of drug-likeness (QED) is 0.568. The van der Waals surface area contributed by atoms with Crippen LogP contribution in [0.15, 0.2) is 18.5 Å². The van der Waals surface area contributed by atoms with Crippen molar-refractivity contribution in [3.63, 3.8) is 0 Å².